The van der Waals surface area contributed by atoms with Crippen molar-refractivity contribution in [2.45, 2.75) is 0 Å². The molecule has 0 saturated heterocycles. The Kier molecular flexibility index (Phi) is 2.61. The molecule has 0 bridgehead atoms. The van der Waals surface area contributed by atoms with Gasteiger partial charge in [-0.2, -0.15) is 5.26 Å². The summed E-state index contributed by atoms with van der Waals surface area (Å²) in [5, 5.41) is 10.7. The molecule has 0 aliphatic carbocycles. The third-order valence-corrected chi connectivity index (χ3v) is 2.92. The van der Waals surface area contributed by atoms with Gasteiger partial charge in [-0.15, -0.1) is 11.3 Å². The van der Waals surface area contributed by atoms with Gasteiger partial charge in [-0.05, 0) is 34.7 Å². The van der Waals surface area contributed by atoms with Gasteiger partial charge in [0.05, 0.1) is 16.5 Å². The van der Waals surface area contributed by atoms with Gasteiger partial charge in [0.25, 0.3) is 0 Å². The predicted octanol–water partition coefficient (Wildman–Crippen LogP) is 3.10. The third kappa shape index (κ3) is 1.95. The Bertz CT molecular complexity index is 537. The third-order valence-electron chi connectivity index (χ3n) is 2.06. The molecule has 1 aromatic carbocycles. The van der Waals surface area contributed by atoms with Crippen molar-refractivity contribution in [3.8, 4) is 17.2 Å². The fourth-order valence-corrected chi connectivity index (χ4v) is 2.05. The lowest BCUT2D eigenvalue weighted by Gasteiger charge is -1.96. The molecule has 0 spiro atoms. The Hall–Kier alpha value is -1.92. The number of carbonyl (C=O) groups excluding carboxylic acids is 1. The summed E-state index contributed by atoms with van der Waals surface area (Å²) >= 11 is 1.41. The molecule has 15 heavy (non-hydrogen) atoms. The van der Waals surface area contributed by atoms with Crippen LogP contribution in [0.15, 0.2) is 35.7 Å². The summed E-state index contributed by atoms with van der Waals surface area (Å²) in [6.45, 7) is 0. The monoisotopic (exact) mass is 213 g/mol. The molecule has 2 aromatic rings. The molecule has 0 amide bonds. The number of hydrogen-bond acceptors (Lipinski definition) is 3. The molecular formula is C12H7NOS. The van der Waals surface area contributed by atoms with E-state index in [1.54, 1.807) is 6.07 Å². The van der Waals surface area contributed by atoms with E-state index < -0.39 is 0 Å². The van der Waals surface area contributed by atoms with E-state index in [9.17, 15) is 4.79 Å². The van der Waals surface area contributed by atoms with Crippen LogP contribution in [0.25, 0.3) is 11.1 Å². The summed E-state index contributed by atoms with van der Waals surface area (Å²) in [6.07, 6.45) is 0.836. The lowest BCUT2D eigenvalue weighted by molar-refractivity contribution is 0.112. The van der Waals surface area contributed by atoms with E-state index in [1.165, 1.54) is 11.3 Å². The van der Waals surface area contributed by atoms with Gasteiger partial charge in [0.1, 0.15) is 0 Å². The van der Waals surface area contributed by atoms with E-state index >= 15 is 0 Å². The van der Waals surface area contributed by atoms with Crippen LogP contribution in [-0.2, 0) is 0 Å². The molecule has 0 atom stereocenters. The molecule has 2 nitrogen and oxygen atoms in total. The van der Waals surface area contributed by atoms with Crippen molar-refractivity contribution in [2.75, 3.05) is 0 Å². The van der Waals surface area contributed by atoms with Crippen LogP contribution in [0.4, 0.5) is 0 Å². The predicted molar refractivity (Wildman–Crippen MR) is 59.9 cm³/mol. The highest BCUT2D eigenvalue weighted by Crippen LogP contribution is 2.25. The first-order valence-electron chi connectivity index (χ1n) is 4.38. The molecule has 0 aliphatic heterocycles. The Balaban J connectivity index is 2.45. The molecule has 0 radical (unpaired) electrons. The second-order valence-electron chi connectivity index (χ2n) is 3.05. The average Bonchev–Trinajstić information content (AvgIpc) is 2.78. The normalized spacial score (nSPS) is 9.53. The molecule has 1 aromatic heterocycles. The maximum Gasteiger partial charge on any atom is 0.160 e. The Morgan fingerprint density at radius 3 is 2.80 bits per heavy atom. The standard InChI is InChI=1S/C12H7NOS/c13-6-9-2-1-3-10(4-9)11-5-12(7-14)15-8-11/h1-5,7-8H. The first-order valence-corrected chi connectivity index (χ1v) is 5.25. The molecular weight excluding hydrogens is 206 g/mol. The van der Waals surface area contributed by atoms with E-state index in [-0.39, 0.29) is 0 Å². The Labute approximate surface area is 91.4 Å². The second-order valence-corrected chi connectivity index (χ2v) is 3.99. The van der Waals surface area contributed by atoms with E-state index in [2.05, 4.69) is 6.07 Å². The van der Waals surface area contributed by atoms with E-state index in [4.69, 9.17) is 5.26 Å². The van der Waals surface area contributed by atoms with Crippen LogP contribution < -0.4 is 0 Å². The van der Waals surface area contributed by atoms with Gasteiger partial charge in [-0.25, -0.2) is 0 Å². The lowest BCUT2D eigenvalue weighted by Crippen LogP contribution is -1.77. The van der Waals surface area contributed by atoms with Gasteiger partial charge >= 0.3 is 0 Å². The Morgan fingerprint density at radius 1 is 1.27 bits per heavy atom. The molecule has 1 heterocycles. The zero-order valence-corrected chi connectivity index (χ0v) is 8.62. The summed E-state index contributed by atoms with van der Waals surface area (Å²) in [5.41, 5.74) is 2.59. The van der Waals surface area contributed by atoms with Crippen molar-refractivity contribution < 1.29 is 4.79 Å². The van der Waals surface area contributed by atoms with Crippen molar-refractivity contribution in [2.24, 2.45) is 0 Å². The van der Waals surface area contributed by atoms with Crippen molar-refractivity contribution in [1.29, 1.82) is 5.26 Å². The minimum Gasteiger partial charge on any atom is -0.297 e. The topological polar surface area (TPSA) is 40.9 Å². The highest BCUT2D eigenvalue weighted by molar-refractivity contribution is 7.12. The number of thiophene rings is 1. The summed E-state index contributed by atoms with van der Waals surface area (Å²) in [4.78, 5) is 11.2. The number of rotatable bonds is 2. The van der Waals surface area contributed by atoms with Crippen molar-refractivity contribution >= 4 is 17.6 Å². The fraction of sp³-hybridized carbons (Fsp3) is 0. The van der Waals surface area contributed by atoms with Crippen LogP contribution in [0.2, 0.25) is 0 Å². The first kappa shape index (κ1) is 9.63. The van der Waals surface area contributed by atoms with Crippen molar-refractivity contribution in [1.82, 2.24) is 0 Å². The summed E-state index contributed by atoms with van der Waals surface area (Å²) in [5.74, 6) is 0. The van der Waals surface area contributed by atoms with Gasteiger partial charge in [0, 0.05) is 0 Å². The van der Waals surface area contributed by atoms with E-state index in [0.717, 1.165) is 17.4 Å². The van der Waals surface area contributed by atoms with Gasteiger partial charge in [0.15, 0.2) is 6.29 Å². The van der Waals surface area contributed by atoms with E-state index in [0.29, 0.717) is 10.4 Å². The first-order chi connectivity index (χ1) is 7.33. The second kappa shape index (κ2) is 4.07. The molecule has 3 heteroatoms. The Morgan fingerprint density at radius 2 is 2.13 bits per heavy atom. The maximum absolute atomic E-state index is 10.5. The van der Waals surface area contributed by atoms with Gasteiger partial charge in [-0.3, -0.25) is 4.79 Å². The molecule has 0 fully saturated rings. The van der Waals surface area contributed by atoms with Crippen LogP contribution in [0, 0.1) is 11.3 Å². The van der Waals surface area contributed by atoms with Crippen molar-refractivity contribution in [3.63, 3.8) is 0 Å². The SMILES string of the molecule is N#Cc1cccc(-c2csc(C=O)c2)c1. The minimum atomic E-state index is 0.631. The van der Waals surface area contributed by atoms with E-state index in [1.807, 2.05) is 29.6 Å². The summed E-state index contributed by atoms with van der Waals surface area (Å²) in [7, 11) is 0. The number of nitrogens with zero attached hydrogens (tertiary/aromatic N) is 1. The van der Waals surface area contributed by atoms with Crippen LogP contribution >= 0.6 is 11.3 Å². The van der Waals surface area contributed by atoms with Gasteiger partial charge in [-0.1, -0.05) is 12.1 Å². The molecule has 0 saturated carbocycles. The lowest BCUT2D eigenvalue weighted by atomic mass is 10.1. The van der Waals surface area contributed by atoms with Gasteiger partial charge < -0.3 is 0 Å². The smallest absolute Gasteiger partial charge is 0.160 e. The zero-order valence-electron chi connectivity index (χ0n) is 7.81. The largest absolute Gasteiger partial charge is 0.297 e. The summed E-state index contributed by atoms with van der Waals surface area (Å²) in [6, 6.07) is 11.3. The van der Waals surface area contributed by atoms with Gasteiger partial charge in [0.2, 0.25) is 0 Å². The fourth-order valence-electron chi connectivity index (χ4n) is 1.33. The number of benzene rings is 1. The van der Waals surface area contributed by atoms with Crippen LogP contribution in [0.3, 0.4) is 0 Å². The number of aldehydes is 1. The van der Waals surface area contributed by atoms with Crippen LogP contribution in [0.1, 0.15) is 15.2 Å². The molecule has 2 rings (SSSR count). The van der Waals surface area contributed by atoms with Crippen LogP contribution in [0.5, 0.6) is 0 Å². The highest BCUT2D eigenvalue weighted by Gasteiger charge is 2.02. The molecule has 0 aliphatic rings. The number of carbonyl (C=O) groups is 1. The van der Waals surface area contributed by atoms with Crippen LogP contribution in [-0.4, -0.2) is 6.29 Å². The zero-order chi connectivity index (χ0) is 10.7. The minimum absolute atomic E-state index is 0.631. The molecule has 0 unspecified atom stereocenters. The molecule has 72 valence electrons. The van der Waals surface area contributed by atoms with Crippen molar-refractivity contribution in [3.05, 3.63) is 46.2 Å². The highest BCUT2D eigenvalue weighted by atomic mass is 32.1. The number of nitriles is 1. The summed E-state index contributed by atoms with van der Waals surface area (Å²) < 4.78 is 0. The average molecular weight is 213 g/mol. The quantitative estimate of drug-likeness (QED) is 0.719. The molecule has 0 N–H and O–H groups in total. The maximum atomic E-state index is 10.5. The number of hydrogen-bond donors (Lipinski definition) is 0.